The van der Waals surface area contributed by atoms with Crippen molar-refractivity contribution in [2.45, 2.75) is 12.0 Å². The number of halogens is 1. The van der Waals surface area contributed by atoms with Gasteiger partial charge in [0, 0.05) is 6.54 Å². The second-order valence-electron chi connectivity index (χ2n) is 3.98. The van der Waals surface area contributed by atoms with Crippen LogP contribution in [0.15, 0.2) is 24.3 Å². The second-order valence-corrected chi connectivity index (χ2v) is 3.98. The lowest BCUT2D eigenvalue weighted by atomic mass is 9.78. The molecule has 1 spiro atoms. The first kappa shape index (κ1) is 11.0. The Hall–Kier alpha value is -0.545. The molecule has 0 radical (unpaired) electrons. The zero-order valence-corrected chi connectivity index (χ0v) is 9.09. The molecule has 1 aromatic carbocycles. The molecule has 2 aliphatic rings. The summed E-state index contributed by atoms with van der Waals surface area (Å²) in [4.78, 5) is 0. The van der Waals surface area contributed by atoms with Crippen molar-refractivity contribution in [3.8, 4) is 0 Å². The Morgan fingerprint density at radius 3 is 2.93 bits per heavy atom. The van der Waals surface area contributed by atoms with Gasteiger partial charge in [0.05, 0.1) is 5.60 Å². The van der Waals surface area contributed by atoms with E-state index in [0.717, 1.165) is 30.5 Å². The predicted octanol–water partition coefficient (Wildman–Crippen LogP) is 0.0147. The first-order valence-electron chi connectivity index (χ1n) is 4.98. The summed E-state index contributed by atoms with van der Waals surface area (Å²) in [6, 6.07) is 7.93. The SMILES string of the molecule is Cl.OB1OC2(CCNC2)c2ccccc21. The van der Waals surface area contributed by atoms with Crippen LogP contribution in [0, 0.1) is 0 Å². The van der Waals surface area contributed by atoms with Gasteiger partial charge in [0.1, 0.15) is 0 Å². The third kappa shape index (κ3) is 1.49. The van der Waals surface area contributed by atoms with E-state index in [9.17, 15) is 5.02 Å². The Morgan fingerprint density at radius 2 is 2.20 bits per heavy atom. The van der Waals surface area contributed by atoms with Crippen LogP contribution in [-0.2, 0) is 10.3 Å². The molecule has 3 nitrogen and oxygen atoms in total. The summed E-state index contributed by atoms with van der Waals surface area (Å²) >= 11 is 0. The summed E-state index contributed by atoms with van der Waals surface area (Å²) in [6.45, 7) is 1.77. The third-order valence-corrected chi connectivity index (χ3v) is 3.17. The van der Waals surface area contributed by atoms with Gasteiger partial charge >= 0.3 is 7.12 Å². The van der Waals surface area contributed by atoms with Gasteiger partial charge in [-0.05, 0) is 24.0 Å². The minimum atomic E-state index is -0.744. The Balaban J connectivity index is 0.000000853. The molecular weight excluding hydrogens is 212 g/mol. The fourth-order valence-corrected chi connectivity index (χ4v) is 2.47. The largest absolute Gasteiger partial charge is 0.492 e. The highest BCUT2D eigenvalue weighted by molar-refractivity contribution is 6.62. The van der Waals surface area contributed by atoms with Crippen LogP contribution in [0.2, 0.25) is 0 Å². The van der Waals surface area contributed by atoms with Crippen LogP contribution in [0.4, 0.5) is 0 Å². The van der Waals surface area contributed by atoms with Crippen molar-refractivity contribution in [1.29, 1.82) is 0 Å². The molecule has 1 aromatic rings. The Kier molecular flexibility index (Phi) is 2.77. The van der Waals surface area contributed by atoms with Crippen LogP contribution in [0.3, 0.4) is 0 Å². The third-order valence-electron chi connectivity index (χ3n) is 3.17. The van der Waals surface area contributed by atoms with E-state index in [1.807, 2.05) is 18.2 Å². The maximum absolute atomic E-state index is 9.76. The summed E-state index contributed by atoms with van der Waals surface area (Å²) in [6.07, 6.45) is 0.946. The van der Waals surface area contributed by atoms with E-state index in [4.69, 9.17) is 4.65 Å². The second kappa shape index (κ2) is 3.79. The van der Waals surface area contributed by atoms with Gasteiger partial charge in [-0.25, -0.2) is 0 Å². The molecule has 2 N–H and O–H groups in total. The average molecular weight is 225 g/mol. The number of hydrogen-bond donors (Lipinski definition) is 2. The average Bonchev–Trinajstić information content (AvgIpc) is 2.77. The fourth-order valence-electron chi connectivity index (χ4n) is 2.47. The van der Waals surface area contributed by atoms with E-state index in [2.05, 4.69) is 11.4 Å². The van der Waals surface area contributed by atoms with Gasteiger partial charge in [-0.1, -0.05) is 24.3 Å². The van der Waals surface area contributed by atoms with E-state index in [-0.39, 0.29) is 18.0 Å². The first-order chi connectivity index (χ1) is 6.82. The lowest BCUT2D eigenvalue weighted by Crippen LogP contribution is -2.31. The number of benzene rings is 1. The molecule has 0 aliphatic carbocycles. The van der Waals surface area contributed by atoms with Crippen LogP contribution in [0.25, 0.3) is 0 Å². The zero-order valence-electron chi connectivity index (χ0n) is 8.27. The lowest BCUT2D eigenvalue weighted by molar-refractivity contribution is 0.0816. The summed E-state index contributed by atoms with van der Waals surface area (Å²) in [5.74, 6) is 0. The van der Waals surface area contributed by atoms with Crippen LogP contribution >= 0.6 is 12.4 Å². The van der Waals surface area contributed by atoms with E-state index in [1.54, 1.807) is 0 Å². The molecule has 1 saturated heterocycles. The van der Waals surface area contributed by atoms with Crippen molar-refractivity contribution in [2.75, 3.05) is 13.1 Å². The van der Waals surface area contributed by atoms with Gasteiger partial charge in [-0.3, -0.25) is 0 Å². The number of nitrogens with one attached hydrogen (secondary N) is 1. The zero-order chi connectivity index (χ0) is 9.60. The standard InChI is InChI=1S/C10H12BNO2.ClH/c13-11-9-4-2-1-3-8(9)10(14-11)5-6-12-7-10;/h1-4,12-13H,5-7H2;1H. The minimum Gasteiger partial charge on any atom is -0.423 e. The van der Waals surface area contributed by atoms with Crippen molar-refractivity contribution in [1.82, 2.24) is 5.32 Å². The molecule has 0 bridgehead atoms. The number of fused-ring (bicyclic) bond motifs is 2. The molecule has 5 heteroatoms. The molecule has 1 unspecified atom stereocenters. The van der Waals surface area contributed by atoms with Crippen LogP contribution in [0.5, 0.6) is 0 Å². The molecule has 80 valence electrons. The first-order valence-corrected chi connectivity index (χ1v) is 4.98. The van der Waals surface area contributed by atoms with Crippen LogP contribution in [0.1, 0.15) is 12.0 Å². The molecule has 15 heavy (non-hydrogen) atoms. The van der Waals surface area contributed by atoms with Gasteiger partial charge in [-0.15, -0.1) is 12.4 Å². The summed E-state index contributed by atoms with van der Waals surface area (Å²) < 4.78 is 5.67. The molecule has 0 amide bonds. The van der Waals surface area contributed by atoms with E-state index in [1.165, 1.54) is 0 Å². The van der Waals surface area contributed by atoms with E-state index >= 15 is 0 Å². The predicted molar refractivity (Wildman–Crippen MR) is 61.5 cm³/mol. The van der Waals surface area contributed by atoms with Gasteiger partial charge in [0.25, 0.3) is 0 Å². The normalized spacial score (nSPS) is 27.9. The van der Waals surface area contributed by atoms with Crippen molar-refractivity contribution < 1.29 is 9.68 Å². The number of rotatable bonds is 0. The molecule has 3 rings (SSSR count). The van der Waals surface area contributed by atoms with Crippen molar-refractivity contribution in [3.63, 3.8) is 0 Å². The summed E-state index contributed by atoms with van der Waals surface area (Å²) in [5.41, 5.74) is 1.81. The van der Waals surface area contributed by atoms with Gasteiger partial charge in [0.15, 0.2) is 0 Å². The molecular formula is C10H13BClNO2. The van der Waals surface area contributed by atoms with Gasteiger partial charge < -0.3 is 15.0 Å². The summed E-state index contributed by atoms with van der Waals surface area (Å²) in [7, 11) is -0.744. The minimum absolute atomic E-state index is 0. The highest BCUT2D eigenvalue weighted by atomic mass is 35.5. The smallest absolute Gasteiger partial charge is 0.423 e. The maximum Gasteiger partial charge on any atom is 0.492 e. The quantitative estimate of drug-likeness (QED) is 0.612. The number of hydrogen-bond acceptors (Lipinski definition) is 3. The van der Waals surface area contributed by atoms with Crippen molar-refractivity contribution in [3.05, 3.63) is 29.8 Å². The molecule has 0 aromatic heterocycles. The molecule has 1 atom stereocenters. The van der Waals surface area contributed by atoms with Gasteiger partial charge in [0.2, 0.25) is 0 Å². The van der Waals surface area contributed by atoms with Crippen molar-refractivity contribution in [2.24, 2.45) is 0 Å². The Labute approximate surface area is 95.4 Å². The Bertz CT molecular complexity index is 368. The Morgan fingerprint density at radius 1 is 1.40 bits per heavy atom. The highest BCUT2D eigenvalue weighted by Gasteiger charge is 2.48. The fraction of sp³-hybridized carbons (Fsp3) is 0.400. The molecule has 2 aliphatic heterocycles. The molecule has 0 saturated carbocycles. The molecule has 1 fully saturated rings. The van der Waals surface area contributed by atoms with Crippen molar-refractivity contribution >= 4 is 25.0 Å². The molecule has 2 heterocycles. The van der Waals surface area contributed by atoms with Crippen LogP contribution < -0.4 is 10.8 Å². The monoisotopic (exact) mass is 225 g/mol. The topological polar surface area (TPSA) is 41.5 Å². The van der Waals surface area contributed by atoms with Crippen LogP contribution in [-0.4, -0.2) is 25.2 Å². The lowest BCUT2D eigenvalue weighted by Gasteiger charge is -2.23. The highest BCUT2D eigenvalue weighted by Crippen LogP contribution is 2.35. The van der Waals surface area contributed by atoms with E-state index < -0.39 is 7.12 Å². The maximum atomic E-state index is 9.76. The van der Waals surface area contributed by atoms with Gasteiger partial charge in [-0.2, -0.15) is 0 Å². The summed E-state index contributed by atoms with van der Waals surface area (Å²) in [5, 5.41) is 13.0. The van der Waals surface area contributed by atoms with E-state index in [0.29, 0.717) is 0 Å².